The molecule has 0 saturated carbocycles. The van der Waals surface area contributed by atoms with Crippen molar-refractivity contribution in [2.45, 2.75) is 13.8 Å². The molecule has 106 valence electrons. The van der Waals surface area contributed by atoms with Crippen molar-refractivity contribution in [1.82, 2.24) is 9.97 Å². The Balaban J connectivity index is 2.05. The molecule has 1 fully saturated rings. The fourth-order valence-corrected chi connectivity index (χ4v) is 1.96. The van der Waals surface area contributed by atoms with Gasteiger partial charge in [-0.3, -0.25) is 0 Å². The summed E-state index contributed by atoms with van der Waals surface area (Å²) in [6.07, 6.45) is 0. The molecule has 0 spiro atoms. The second kappa shape index (κ2) is 6.68. The molecule has 0 amide bonds. The first kappa shape index (κ1) is 14.0. The van der Waals surface area contributed by atoms with Gasteiger partial charge in [-0.25, -0.2) is 9.97 Å². The number of morpholine rings is 1. The molecule has 1 saturated heterocycles. The van der Waals surface area contributed by atoms with E-state index in [1.54, 1.807) is 0 Å². The zero-order chi connectivity index (χ0) is 13.7. The highest BCUT2D eigenvalue weighted by Gasteiger charge is 2.14. The van der Waals surface area contributed by atoms with Crippen LogP contribution in [0.5, 0.6) is 0 Å². The van der Waals surface area contributed by atoms with Crippen molar-refractivity contribution < 1.29 is 4.74 Å². The molecule has 0 aliphatic carbocycles. The van der Waals surface area contributed by atoms with Crippen LogP contribution in [0.4, 0.5) is 11.6 Å². The lowest BCUT2D eigenvalue weighted by Gasteiger charge is -2.28. The number of nitrogens with one attached hydrogen (secondary N) is 1. The number of rotatable bonds is 5. The topological polar surface area (TPSA) is 76.3 Å². The van der Waals surface area contributed by atoms with E-state index in [4.69, 9.17) is 10.5 Å². The van der Waals surface area contributed by atoms with Crippen molar-refractivity contribution in [2.24, 2.45) is 11.7 Å². The highest BCUT2D eigenvalue weighted by Crippen LogP contribution is 2.17. The number of hydrogen-bond donors (Lipinski definition) is 2. The Labute approximate surface area is 114 Å². The van der Waals surface area contributed by atoms with Crippen molar-refractivity contribution >= 4 is 11.6 Å². The summed E-state index contributed by atoms with van der Waals surface area (Å²) in [5.41, 5.74) is 5.62. The van der Waals surface area contributed by atoms with E-state index in [1.165, 1.54) is 0 Å². The maximum absolute atomic E-state index is 5.62. The van der Waals surface area contributed by atoms with Gasteiger partial charge in [0.15, 0.2) is 0 Å². The number of nitrogens with zero attached hydrogens (tertiary/aromatic N) is 3. The van der Waals surface area contributed by atoms with Crippen molar-refractivity contribution in [3.8, 4) is 0 Å². The quantitative estimate of drug-likeness (QED) is 0.813. The molecular formula is C13H23N5O. The summed E-state index contributed by atoms with van der Waals surface area (Å²) in [6.45, 7) is 8.82. The average molecular weight is 265 g/mol. The third-order valence-electron chi connectivity index (χ3n) is 3.19. The SMILES string of the molecule is Cc1nc(NCC(C)CN)cc(N2CCOCC2)n1. The third kappa shape index (κ3) is 4.04. The summed E-state index contributed by atoms with van der Waals surface area (Å²) < 4.78 is 5.36. The van der Waals surface area contributed by atoms with Crippen LogP contribution < -0.4 is 16.0 Å². The summed E-state index contributed by atoms with van der Waals surface area (Å²) >= 11 is 0. The molecule has 0 aromatic carbocycles. The molecule has 3 N–H and O–H groups in total. The summed E-state index contributed by atoms with van der Waals surface area (Å²) in [7, 11) is 0. The van der Waals surface area contributed by atoms with E-state index < -0.39 is 0 Å². The highest BCUT2D eigenvalue weighted by atomic mass is 16.5. The molecule has 2 heterocycles. The normalized spacial score (nSPS) is 17.3. The van der Waals surface area contributed by atoms with Crippen LogP contribution in [-0.4, -0.2) is 49.4 Å². The summed E-state index contributed by atoms with van der Waals surface area (Å²) in [5, 5.41) is 3.33. The van der Waals surface area contributed by atoms with Gasteiger partial charge < -0.3 is 20.7 Å². The molecule has 1 atom stereocenters. The minimum absolute atomic E-state index is 0.433. The maximum Gasteiger partial charge on any atom is 0.134 e. The Morgan fingerprint density at radius 1 is 1.42 bits per heavy atom. The smallest absolute Gasteiger partial charge is 0.134 e. The molecule has 19 heavy (non-hydrogen) atoms. The van der Waals surface area contributed by atoms with E-state index in [0.29, 0.717) is 12.5 Å². The predicted octanol–water partition coefficient (Wildman–Crippen LogP) is 0.628. The number of aryl methyl sites for hydroxylation is 1. The van der Waals surface area contributed by atoms with Crippen LogP contribution in [0.3, 0.4) is 0 Å². The monoisotopic (exact) mass is 265 g/mol. The number of anilines is 2. The number of ether oxygens (including phenoxy) is 1. The summed E-state index contributed by atoms with van der Waals surface area (Å²) in [5.74, 6) is 3.06. The maximum atomic E-state index is 5.62. The van der Waals surface area contributed by atoms with Gasteiger partial charge >= 0.3 is 0 Å². The minimum atomic E-state index is 0.433. The standard InChI is InChI=1S/C13H23N5O/c1-10(8-14)9-15-12-7-13(17-11(2)16-12)18-3-5-19-6-4-18/h7,10H,3-6,8-9,14H2,1-2H3,(H,15,16,17). The molecule has 1 aromatic heterocycles. The lowest BCUT2D eigenvalue weighted by molar-refractivity contribution is 0.122. The molecule has 6 heteroatoms. The van der Waals surface area contributed by atoms with Crippen LogP contribution in [-0.2, 0) is 4.74 Å². The Kier molecular flexibility index (Phi) is 4.93. The molecule has 0 radical (unpaired) electrons. The molecule has 2 rings (SSSR count). The van der Waals surface area contributed by atoms with E-state index in [2.05, 4.69) is 27.1 Å². The Morgan fingerprint density at radius 2 is 2.16 bits per heavy atom. The molecule has 1 aromatic rings. The summed E-state index contributed by atoms with van der Waals surface area (Å²) in [6, 6.07) is 2.00. The van der Waals surface area contributed by atoms with E-state index >= 15 is 0 Å². The number of nitrogens with two attached hydrogens (primary N) is 1. The van der Waals surface area contributed by atoms with Crippen molar-refractivity contribution in [3.05, 3.63) is 11.9 Å². The second-order valence-electron chi connectivity index (χ2n) is 4.98. The van der Waals surface area contributed by atoms with Gasteiger partial charge in [-0.05, 0) is 19.4 Å². The van der Waals surface area contributed by atoms with Gasteiger partial charge in [0.2, 0.25) is 0 Å². The van der Waals surface area contributed by atoms with Gasteiger partial charge in [-0.1, -0.05) is 6.92 Å². The highest BCUT2D eigenvalue weighted by molar-refractivity contribution is 5.49. The molecular weight excluding hydrogens is 242 g/mol. The lowest BCUT2D eigenvalue weighted by Crippen LogP contribution is -2.37. The first-order chi connectivity index (χ1) is 9.19. The van der Waals surface area contributed by atoms with Crippen LogP contribution in [0.1, 0.15) is 12.7 Å². The fourth-order valence-electron chi connectivity index (χ4n) is 1.96. The van der Waals surface area contributed by atoms with E-state index in [-0.39, 0.29) is 0 Å². The van der Waals surface area contributed by atoms with E-state index in [9.17, 15) is 0 Å². The van der Waals surface area contributed by atoms with Crippen molar-refractivity contribution in [2.75, 3.05) is 49.6 Å². The number of hydrogen-bond acceptors (Lipinski definition) is 6. The minimum Gasteiger partial charge on any atom is -0.378 e. The first-order valence-corrected chi connectivity index (χ1v) is 6.81. The van der Waals surface area contributed by atoms with Crippen LogP contribution >= 0.6 is 0 Å². The van der Waals surface area contributed by atoms with Gasteiger partial charge in [0, 0.05) is 25.7 Å². The van der Waals surface area contributed by atoms with Gasteiger partial charge in [-0.15, -0.1) is 0 Å². The van der Waals surface area contributed by atoms with E-state index in [1.807, 2.05) is 13.0 Å². The van der Waals surface area contributed by atoms with Crippen LogP contribution in [0.2, 0.25) is 0 Å². The Morgan fingerprint density at radius 3 is 2.84 bits per heavy atom. The largest absolute Gasteiger partial charge is 0.378 e. The Bertz CT molecular complexity index is 406. The van der Waals surface area contributed by atoms with E-state index in [0.717, 1.165) is 50.3 Å². The first-order valence-electron chi connectivity index (χ1n) is 6.81. The lowest BCUT2D eigenvalue weighted by atomic mass is 10.2. The fraction of sp³-hybridized carbons (Fsp3) is 0.692. The zero-order valence-corrected chi connectivity index (χ0v) is 11.7. The van der Waals surface area contributed by atoms with Crippen molar-refractivity contribution in [3.63, 3.8) is 0 Å². The van der Waals surface area contributed by atoms with Gasteiger partial charge in [0.1, 0.15) is 17.5 Å². The second-order valence-corrected chi connectivity index (χ2v) is 4.98. The third-order valence-corrected chi connectivity index (χ3v) is 3.19. The van der Waals surface area contributed by atoms with Gasteiger partial charge in [-0.2, -0.15) is 0 Å². The zero-order valence-electron chi connectivity index (χ0n) is 11.7. The summed E-state index contributed by atoms with van der Waals surface area (Å²) in [4.78, 5) is 11.1. The molecule has 1 aliphatic heterocycles. The van der Waals surface area contributed by atoms with Crippen LogP contribution in [0.15, 0.2) is 6.07 Å². The Hall–Kier alpha value is -1.40. The molecule has 0 bridgehead atoms. The van der Waals surface area contributed by atoms with Crippen LogP contribution in [0, 0.1) is 12.8 Å². The molecule has 1 aliphatic rings. The number of aromatic nitrogens is 2. The molecule has 1 unspecified atom stereocenters. The predicted molar refractivity (Wildman–Crippen MR) is 76.5 cm³/mol. The molecule has 6 nitrogen and oxygen atoms in total. The van der Waals surface area contributed by atoms with Crippen LogP contribution in [0.25, 0.3) is 0 Å². The van der Waals surface area contributed by atoms with Crippen molar-refractivity contribution in [1.29, 1.82) is 0 Å². The van der Waals surface area contributed by atoms with Gasteiger partial charge in [0.05, 0.1) is 13.2 Å². The average Bonchev–Trinajstić information content (AvgIpc) is 2.45. The van der Waals surface area contributed by atoms with Gasteiger partial charge in [0.25, 0.3) is 0 Å².